The smallest absolute Gasteiger partial charge is 0.0553 e. The summed E-state index contributed by atoms with van der Waals surface area (Å²) in [5.74, 6) is 0.989. The first-order valence-corrected chi connectivity index (χ1v) is 6.51. The first-order chi connectivity index (χ1) is 7.90. The molecule has 0 amide bonds. The van der Waals surface area contributed by atoms with Crippen molar-refractivity contribution < 1.29 is 0 Å². The lowest BCUT2D eigenvalue weighted by Crippen LogP contribution is -2.46. The van der Waals surface area contributed by atoms with Gasteiger partial charge in [-0.05, 0) is 30.9 Å². The molecule has 1 aliphatic rings. The molecular weight excluding hydrogens is 218 g/mol. The van der Waals surface area contributed by atoms with Gasteiger partial charge >= 0.3 is 0 Å². The van der Waals surface area contributed by atoms with Gasteiger partial charge in [-0.3, -0.25) is 9.88 Å². The largest absolute Gasteiger partial charge is 0.368 e. The fraction of sp³-hybridized carbons (Fsp3) is 0.583. The molecule has 1 saturated heterocycles. The summed E-state index contributed by atoms with van der Waals surface area (Å²) < 4.78 is 0. The molecule has 1 aromatic heterocycles. The molecule has 0 spiro atoms. The van der Waals surface area contributed by atoms with Gasteiger partial charge in [0.2, 0.25) is 0 Å². The van der Waals surface area contributed by atoms with Gasteiger partial charge in [-0.1, -0.05) is 0 Å². The molecule has 0 N–H and O–H groups in total. The number of pyridine rings is 1. The SMILES string of the molecule is SCCCN1CCN(c2cccnc2)CC1. The predicted molar refractivity (Wildman–Crippen MR) is 71.4 cm³/mol. The molecule has 0 radical (unpaired) electrons. The van der Waals surface area contributed by atoms with Crippen LogP contribution >= 0.6 is 12.6 Å². The third-order valence-corrected chi connectivity index (χ3v) is 3.33. The molecule has 0 bridgehead atoms. The number of anilines is 1. The first kappa shape index (κ1) is 11.7. The van der Waals surface area contributed by atoms with Gasteiger partial charge < -0.3 is 4.90 Å². The minimum Gasteiger partial charge on any atom is -0.368 e. The van der Waals surface area contributed by atoms with Crippen LogP contribution in [0.4, 0.5) is 5.69 Å². The van der Waals surface area contributed by atoms with E-state index >= 15 is 0 Å². The molecule has 16 heavy (non-hydrogen) atoms. The van der Waals surface area contributed by atoms with E-state index in [0.29, 0.717) is 0 Å². The van der Waals surface area contributed by atoms with Crippen LogP contribution < -0.4 is 4.90 Å². The Morgan fingerprint density at radius 2 is 2.06 bits per heavy atom. The molecule has 2 heterocycles. The Morgan fingerprint density at radius 3 is 2.69 bits per heavy atom. The average molecular weight is 237 g/mol. The van der Waals surface area contributed by atoms with Crippen molar-refractivity contribution in [2.75, 3.05) is 43.4 Å². The van der Waals surface area contributed by atoms with Crippen molar-refractivity contribution in [1.82, 2.24) is 9.88 Å². The number of thiol groups is 1. The van der Waals surface area contributed by atoms with E-state index in [9.17, 15) is 0 Å². The zero-order valence-electron chi connectivity index (χ0n) is 9.55. The van der Waals surface area contributed by atoms with Crippen LogP contribution in [0.5, 0.6) is 0 Å². The zero-order valence-corrected chi connectivity index (χ0v) is 10.4. The fourth-order valence-corrected chi connectivity index (χ4v) is 2.21. The predicted octanol–water partition coefficient (Wildman–Crippen LogP) is 1.52. The number of aromatic nitrogens is 1. The maximum atomic E-state index is 4.25. The van der Waals surface area contributed by atoms with E-state index in [0.717, 1.165) is 31.9 Å². The molecular formula is C12H19N3S. The third-order valence-electron chi connectivity index (χ3n) is 3.02. The van der Waals surface area contributed by atoms with Crippen LogP contribution in [0.1, 0.15) is 6.42 Å². The van der Waals surface area contributed by atoms with E-state index in [4.69, 9.17) is 0 Å². The topological polar surface area (TPSA) is 19.4 Å². The molecule has 0 aromatic carbocycles. The Morgan fingerprint density at radius 1 is 1.25 bits per heavy atom. The Kier molecular flexibility index (Phi) is 4.48. The number of hydrogen-bond donors (Lipinski definition) is 1. The molecule has 1 aliphatic heterocycles. The standard InChI is InChI=1S/C12H19N3S/c16-10-2-5-14-6-8-15(9-7-14)12-3-1-4-13-11-12/h1,3-4,11,16H,2,5-10H2. The Hall–Kier alpha value is -0.740. The van der Waals surface area contributed by atoms with Gasteiger partial charge in [-0.25, -0.2) is 0 Å². The van der Waals surface area contributed by atoms with Gasteiger partial charge in [0.25, 0.3) is 0 Å². The molecule has 3 nitrogen and oxygen atoms in total. The average Bonchev–Trinajstić information content (AvgIpc) is 2.38. The van der Waals surface area contributed by atoms with E-state index in [1.54, 1.807) is 0 Å². The zero-order chi connectivity index (χ0) is 11.2. The maximum Gasteiger partial charge on any atom is 0.0553 e. The van der Waals surface area contributed by atoms with E-state index < -0.39 is 0 Å². The van der Waals surface area contributed by atoms with Gasteiger partial charge in [0.05, 0.1) is 11.9 Å². The summed E-state index contributed by atoms with van der Waals surface area (Å²) in [4.78, 5) is 9.09. The van der Waals surface area contributed by atoms with E-state index in [-0.39, 0.29) is 0 Å². The molecule has 0 saturated carbocycles. The van der Waals surface area contributed by atoms with Gasteiger partial charge in [0.15, 0.2) is 0 Å². The highest BCUT2D eigenvalue weighted by Gasteiger charge is 2.16. The van der Waals surface area contributed by atoms with Crippen LogP contribution in [0, 0.1) is 0 Å². The Labute approximate surface area is 103 Å². The van der Waals surface area contributed by atoms with Crippen molar-refractivity contribution in [3.8, 4) is 0 Å². The summed E-state index contributed by atoms with van der Waals surface area (Å²) in [5.41, 5.74) is 1.25. The first-order valence-electron chi connectivity index (χ1n) is 5.88. The van der Waals surface area contributed by atoms with Gasteiger partial charge in [0, 0.05) is 32.4 Å². The quantitative estimate of drug-likeness (QED) is 0.802. The molecule has 0 unspecified atom stereocenters. The van der Waals surface area contributed by atoms with Gasteiger partial charge in [0.1, 0.15) is 0 Å². The summed E-state index contributed by atoms with van der Waals surface area (Å²) in [5, 5.41) is 0. The van der Waals surface area contributed by atoms with E-state index in [1.807, 2.05) is 18.5 Å². The van der Waals surface area contributed by atoms with Crippen LogP contribution in [0.3, 0.4) is 0 Å². The number of rotatable bonds is 4. The highest BCUT2D eigenvalue weighted by Crippen LogP contribution is 2.14. The fourth-order valence-electron chi connectivity index (χ4n) is 2.06. The summed E-state index contributed by atoms with van der Waals surface area (Å²) in [6.45, 7) is 5.71. The minimum atomic E-state index is 0.989. The lowest BCUT2D eigenvalue weighted by Gasteiger charge is -2.35. The van der Waals surface area contributed by atoms with Crippen molar-refractivity contribution in [1.29, 1.82) is 0 Å². The van der Waals surface area contributed by atoms with Crippen LogP contribution in [0.25, 0.3) is 0 Å². The normalized spacial score (nSPS) is 17.7. The van der Waals surface area contributed by atoms with Crippen molar-refractivity contribution in [2.45, 2.75) is 6.42 Å². The van der Waals surface area contributed by atoms with Crippen LogP contribution in [0.2, 0.25) is 0 Å². The number of nitrogens with zero attached hydrogens (tertiary/aromatic N) is 3. The van der Waals surface area contributed by atoms with Crippen LogP contribution in [-0.4, -0.2) is 48.4 Å². The summed E-state index contributed by atoms with van der Waals surface area (Å²) in [7, 11) is 0. The minimum absolute atomic E-state index is 0.989. The second-order valence-corrected chi connectivity index (χ2v) is 4.56. The van der Waals surface area contributed by atoms with Crippen molar-refractivity contribution in [3.05, 3.63) is 24.5 Å². The van der Waals surface area contributed by atoms with E-state index in [2.05, 4.69) is 33.5 Å². The molecule has 1 fully saturated rings. The second-order valence-electron chi connectivity index (χ2n) is 4.12. The molecule has 0 aliphatic carbocycles. The van der Waals surface area contributed by atoms with Gasteiger partial charge in [-0.15, -0.1) is 0 Å². The summed E-state index contributed by atoms with van der Waals surface area (Å²) in [6.07, 6.45) is 4.96. The Bertz CT molecular complexity index is 296. The highest BCUT2D eigenvalue weighted by atomic mass is 32.1. The summed E-state index contributed by atoms with van der Waals surface area (Å²) in [6, 6.07) is 4.14. The lowest BCUT2D eigenvalue weighted by molar-refractivity contribution is 0.259. The second kappa shape index (κ2) is 6.11. The summed E-state index contributed by atoms with van der Waals surface area (Å²) >= 11 is 4.25. The van der Waals surface area contributed by atoms with Gasteiger partial charge in [-0.2, -0.15) is 12.6 Å². The van der Waals surface area contributed by atoms with Crippen molar-refractivity contribution in [3.63, 3.8) is 0 Å². The van der Waals surface area contributed by atoms with Crippen LogP contribution in [0.15, 0.2) is 24.5 Å². The lowest BCUT2D eigenvalue weighted by atomic mass is 10.2. The van der Waals surface area contributed by atoms with Crippen LogP contribution in [-0.2, 0) is 0 Å². The monoisotopic (exact) mass is 237 g/mol. The van der Waals surface area contributed by atoms with Crippen molar-refractivity contribution >= 4 is 18.3 Å². The van der Waals surface area contributed by atoms with Crippen molar-refractivity contribution in [2.24, 2.45) is 0 Å². The Balaban J connectivity index is 1.81. The maximum absolute atomic E-state index is 4.25. The number of piperazine rings is 1. The highest BCUT2D eigenvalue weighted by molar-refractivity contribution is 7.80. The molecule has 2 rings (SSSR count). The number of hydrogen-bond acceptors (Lipinski definition) is 4. The third kappa shape index (κ3) is 3.12. The van der Waals surface area contributed by atoms with E-state index in [1.165, 1.54) is 18.7 Å². The molecule has 0 atom stereocenters. The molecule has 88 valence electrons. The molecule has 1 aromatic rings. The molecule has 4 heteroatoms.